The van der Waals surface area contributed by atoms with Crippen molar-refractivity contribution in [2.24, 2.45) is 7.05 Å². The van der Waals surface area contributed by atoms with Gasteiger partial charge < -0.3 is 21.1 Å². The lowest BCUT2D eigenvalue weighted by Gasteiger charge is -2.25. The molecule has 2 aromatic heterocycles. The zero-order valence-corrected chi connectivity index (χ0v) is 19.1. The maximum Gasteiger partial charge on any atom is 0.255 e. The van der Waals surface area contributed by atoms with Gasteiger partial charge in [-0.05, 0) is 25.0 Å². The molecule has 0 spiro atoms. The minimum atomic E-state index is -0.908. The molecule has 3 rings (SSSR count). The summed E-state index contributed by atoms with van der Waals surface area (Å²) in [4.78, 5) is 30.1. The average Bonchev–Trinajstić information content (AvgIpc) is 3.26. The zero-order chi connectivity index (χ0) is 23.8. The van der Waals surface area contributed by atoms with E-state index in [0.717, 1.165) is 17.5 Å². The number of ether oxygens (including phenoxy) is 1. The van der Waals surface area contributed by atoms with Crippen LogP contribution in [0.5, 0.6) is 0 Å². The molecular formula is C24H30N6O3. The average molecular weight is 451 g/mol. The molecule has 0 aliphatic carbocycles. The molecular weight excluding hydrogens is 420 g/mol. The SMILES string of the molecule is CCCNC(=O)[C@@H](NC(=O)c1cc(-c2cnn(C)c2)cnc1N)[C@@H](C)OCc1ccccc1. The predicted octanol–water partition coefficient (Wildman–Crippen LogP) is 2.29. The summed E-state index contributed by atoms with van der Waals surface area (Å²) >= 11 is 0. The van der Waals surface area contributed by atoms with Crippen LogP contribution >= 0.6 is 0 Å². The Labute approximate surface area is 193 Å². The molecule has 0 saturated carbocycles. The number of nitrogens with zero attached hydrogens (tertiary/aromatic N) is 3. The summed E-state index contributed by atoms with van der Waals surface area (Å²) in [6, 6.07) is 10.4. The lowest BCUT2D eigenvalue weighted by Crippen LogP contribution is -2.53. The number of carbonyl (C=O) groups is 2. The van der Waals surface area contributed by atoms with Gasteiger partial charge in [-0.2, -0.15) is 5.10 Å². The van der Waals surface area contributed by atoms with Crippen LogP contribution in [0.3, 0.4) is 0 Å². The number of nitrogen functional groups attached to an aromatic ring is 1. The third-order valence-electron chi connectivity index (χ3n) is 5.14. The molecule has 2 amide bonds. The predicted molar refractivity (Wildman–Crippen MR) is 126 cm³/mol. The summed E-state index contributed by atoms with van der Waals surface area (Å²) in [6.45, 7) is 4.53. The fourth-order valence-corrected chi connectivity index (χ4v) is 3.26. The largest absolute Gasteiger partial charge is 0.383 e. The Morgan fingerprint density at radius 1 is 1.18 bits per heavy atom. The Morgan fingerprint density at radius 3 is 2.61 bits per heavy atom. The first-order valence-electron chi connectivity index (χ1n) is 10.9. The molecule has 0 aliphatic rings. The van der Waals surface area contributed by atoms with Crippen molar-refractivity contribution >= 4 is 17.6 Å². The van der Waals surface area contributed by atoms with Crippen LogP contribution in [-0.2, 0) is 23.2 Å². The number of carbonyl (C=O) groups excluding carboxylic acids is 2. The van der Waals surface area contributed by atoms with E-state index in [1.165, 1.54) is 0 Å². The number of rotatable bonds is 10. The van der Waals surface area contributed by atoms with Gasteiger partial charge in [-0.25, -0.2) is 4.98 Å². The summed E-state index contributed by atoms with van der Waals surface area (Å²) < 4.78 is 7.58. The highest BCUT2D eigenvalue weighted by atomic mass is 16.5. The van der Waals surface area contributed by atoms with Crippen LogP contribution in [0.15, 0.2) is 55.0 Å². The summed E-state index contributed by atoms with van der Waals surface area (Å²) in [5, 5.41) is 9.76. The highest BCUT2D eigenvalue weighted by molar-refractivity contribution is 6.01. The normalized spacial score (nSPS) is 12.7. The van der Waals surface area contributed by atoms with Crippen molar-refractivity contribution in [1.82, 2.24) is 25.4 Å². The number of aromatic nitrogens is 3. The molecule has 1 aromatic carbocycles. The standard InChI is InChI=1S/C24H30N6O3/c1-4-10-26-24(32)21(16(2)33-15-17-8-6-5-7-9-17)29-23(31)20-11-18(12-27-22(20)25)19-13-28-30(3)14-19/h5-9,11-14,16,21H,4,10,15H2,1-3H3,(H2,25,27)(H,26,32)(H,29,31)/t16-,21+/m1/s1. The minimum absolute atomic E-state index is 0.0747. The van der Waals surface area contributed by atoms with E-state index in [2.05, 4.69) is 20.7 Å². The number of pyridine rings is 1. The lowest BCUT2D eigenvalue weighted by atomic mass is 10.1. The smallest absolute Gasteiger partial charge is 0.255 e. The molecule has 4 N–H and O–H groups in total. The number of benzene rings is 1. The Bertz CT molecular complexity index is 1080. The minimum Gasteiger partial charge on any atom is -0.383 e. The fraction of sp³-hybridized carbons (Fsp3) is 0.333. The van der Waals surface area contributed by atoms with Gasteiger partial charge >= 0.3 is 0 Å². The lowest BCUT2D eigenvalue weighted by molar-refractivity contribution is -0.126. The first-order chi connectivity index (χ1) is 15.9. The van der Waals surface area contributed by atoms with Crippen molar-refractivity contribution in [1.29, 1.82) is 0 Å². The number of nitrogens with one attached hydrogen (secondary N) is 2. The van der Waals surface area contributed by atoms with Crippen LogP contribution in [0, 0.1) is 0 Å². The van der Waals surface area contributed by atoms with Crippen molar-refractivity contribution in [3.63, 3.8) is 0 Å². The van der Waals surface area contributed by atoms with Crippen LogP contribution in [0.1, 0.15) is 36.2 Å². The third kappa shape index (κ3) is 6.39. The molecule has 9 nitrogen and oxygen atoms in total. The van der Waals surface area contributed by atoms with Crippen LogP contribution in [-0.4, -0.2) is 45.3 Å². The van der Waals surface area contributed by atoms with Crippen LogP contribution in [0.4, 0.5) is 5.82 Å². The molecule has 0 aliphatic heterocycles. The van der Waals surface area contributed by atoms with Crippen LogP contribution in [0.25, 0.3) is 11.1 Å². The summed E-state index contributed by atoms with van der Waals surface area (Å²) in [5.74, 6) is -0.746. The number of aryl methyl sites for hydroxylation is 1. The van der Waals surface area contributed by atoms with Gasteiger partial charge in [0.05, 0.1) is 24.5 Å². The molecule has 0 fully saturated rings. The van der Waals surface area contributed by atoms with E-state index in [9.17, 15) is 9.59 Å². The van der Waals surface area contributed by atoms with E-state index >= 15 is 0 Å². The van der Waals surface area contributed by atoms with Gasteiger partial charge in [0.15, 0.2) is 0 Å². The molecule has 174 valence electrons. The van der Waals surface area contributed by atoms with Crippen LogP contribution in [0.2, 0.25) is 0 Å². The quantitative estimate of drug-likeness (QED) is 0.435. The van der Waals surface area contributed by atoms with Crippen molar-refractivity contribution in [2.75, 3.05) is 12.3 Å². The monoisotopic (exact) mass is 450 g/mol. The summed E-state index contributed by atoms with van der Waals surface area (Å²) in [6.07, 6.45) is 5.27. The van der Waals surface area contributed by atoms with E-state index < -0.39 is 18.1 Å². The first kappa shape index (κ1) is 23.9. The molecule has 2 atom stereocenters. The fourth-order valence-electron chi connectivity index (χ4n) is 3.26. The molecule has 0 saturated heterocycles. The zero-order valence-electron chi connectivity index (χ0n) is 19.1. The summed E-state index contributed by atoms with van der Waals surface area (Å²) in [7, 11) is 1.80. The maximum atomic E-state index is 13.1. The van der Waals surface area contributed by atoms with Crippen molar-refractivity contribution < 1.29 is 14.3 Å². The topological polar surface area (TPSA) is 124 Å². The molecule has 9 heteroatoms. The van der Waals surface area contributed by atoms with Crippen molar-refractivity contribution in [3.8, 4) is 11.1 Å². The molecule has 3 aromatic rings. The van der Waals surface area contributed by atoms with Gasteiger partial charge in [-0.15, -0.1) is 0 Å². The van der Waals surface area contributed by atoms with Gasteiger partial charge in [-0.1, -0.05) is 37.3 Å². The molecule has 2 heterocycles. The molecule has 33 heavy (non-hydrogen) atoms. The Balaban J connectivity index is 1.78. The third-order valence-corrected chi connectivity index (χ3v) is 5.14. The molecule has 0 radical (unpaired) electrons. The van der Waals surface area contributed by atoms with Gasteiger partial charge in [0.1, 0.15) is 11.9 Å². The first-order valence-corrected chi connectivity index (χ1v) is 10.9. The Kier molecular flexibility index (Phi) is 8.15. The van der Waals surface area contributed by atoms with Crippen molar-refractivity contribution in [3.05, 3.63) is 66.1 Å². The highest BCUT2D eigenvalue weighted by Gasteiger charge is 2.29. The van der Waals surface area contributed by atoms with Gasteiger partial charge in [0.25, 0.3) is 5.91 Å². The van der Waals surface area contributed by atoms with E-state index in [1.54, 1.807) is 37.1 Å². The second-order valence-corrected chi connectivity index (χ2v) is 7.80. The maximum absolute atomic E-state index is 13.1. The second kappa shape index (κ2) is 11.2. The highest BCUT2D eigenvalue weighted by Crippen LogP contribution is 2.21. The Morgan fingerprint density at radius 2 is 1.94 bits per heavy atom. The second-order valence-electron chi connectivity index (χ2n) is 7.80. The number of anilines is 1. The summed E-state index contributed by atoms with van der Waals surface area (Å²) in [5.41, 5.74) is 8.64. The Hall–Kier alpha value is -3.72. The van der Waals surface area contributed by atoms with Gasteiger partial charge in [0, 0.05) is 37.1 Å². The van der Waals surface area contributed by atoms with E-state index in [4.69, 9.17) is 10.5 Å². The molecule has 0 unspecified atom stereocenters. The van der Waals surface area contributed by atoms with E-state index in [0.29, 0.717) is 18.7 Å². The number of hydrogen-bond donors (Lipinski definition) is 3. The van der Waals surface area contributed by atoms with Crippen LogP contribution < -0.4 is 16.4 Å². The van der Waals surface area contributed by atoms with Gasteiger partial charge in [-0.3, -0.25) is 14.3 Å². The number of hydrogen-bond acceptors (Lipinski definition) is 6. The van der Waals surface area contributed by atoms with E-state index in [-0.39, 0.29) is 17.3 Å². The molecule has 0 bridgehead atoms. The van der Waals surface area contributed by atoms with E-state index in [1.807, 2.05) is 43.5 Å². The van der Waals surface area contributed by atoms with Gasteiger partial charge in [0.2, 0.25) is 5.91 Å². The number of nitrogens with two attached hydrogens (primary N) is 1. The number of amides is 2. The van der Waals surface area contributed by atoms with Crippen molar-refractivity contribution in [2.45, 2.75) is 39.0 Å².